The van der Waals surface area contributed by atoms with Crippen molar-refractivity contribution in [3.8, 4) is 5.75 Å². The van der Waals surface area contributed by atoms with Crippen LogP contribution in [0.1, 0.15) is 23.6 Å². The van der Waals surface area contributed by atoms with Crippen LogP contribution in [-0.2, 0) is 0 Å². The zero-order chi connectivity index (χ0) is 19.6. The molecule has 0 spiro atoms. The van der Waals surface area contributed by atoms with Gasteiger partial charge in [0.2, 0.25) is 0 Å². The van der Waals surface area contributed by atoms with Crippen molar-refractivity contribution in [2.75, 3.05) is 27.2 Å². The second-order valence-corrected chi connectivity index (χ2v) is 6.76. The Bertz CT molecular complexity index is 696. The van der Waals surface area contributed by atoms with Gasteiger partial charge in [0.25, 0.3) is 0 Å². The maximum atomic E-state index is 12.4. The molecule has 4 nitrogen and oxygen atoms in total. The highest BCUT2D eigenvalue weighted by atomic mass is 32.1. The Morgan fingerprint density at radius 2 is 1.67 bits per heavy atom. The van der Waals surface area contributed by atoms with Gasteiger partial charge in [-0.15, -0.1) is 0 Å². The number of nitrogens with zero attached hydrogens (tertiary/aromatic N) is 1. The highest BCUT2D eigenvalue weighted by Gasteiger charge is 2.15. The first-order valence-electron chi connectivity index (χ1n) is 8.74. The van der Waals surface area contributed by atoms with Crippen LogP contribution in [0.25, 0.3) is 0 Å². The summed E-state index contributed by atoms with van der Waals surface area (Å²) in [6, 6.07) is 16.2. The Kier molecular flexibility index (Phi) is 8.42. The van der Waals surface area contributed by atoms with Crippen LogP contribution in [0.5, 0.6) is 5.75 Å². The second-order valence-electron chi connectivity index (χ2n) is 6.35. The fraction of sp³-hybridized carbons (Fsp3) is 0.350. The van der Waals surface area contributed by atoms with E-state index >= 15 is 0 Å². The maximum absolute atomic E-state index is 12.4. The Morgan fingerprint density at radius 3 is 2.26 bits per heavy atom. The minimum Gasteiger partial charge on any atom is -0.435 e. The van der Waals surface area contributed by atoms with E-state index in [1.807, 2.05) is 44.4 Å². The Hall–Kier alpha value is -2.25. The van der Waals surface area contributed by atoms with Gasteiger partial charge < -0.3 is 20.3 Å². The van der Waals surface area contributed by atoms with E-state index in [9.17, 15) is 8.78 Å². The van der Waals surface area contributed by atoms with Crippen molar-refractivity contribution < 1.29 is 13.5 Å². The van der Waals surface area contributed by atoms with Gasteiger partial charge in [-0.1, -0.05) is 42.5 Å². The molecule has 2 aromatic rings. The molecule has 0 unspecified atom stereocenters. The molecule has 27 heavy (non-hydrogen) atoms. The van der Waals surface area contributed by atoms with Gasteiger partial charge in [0.05, 0.1) is 6.04 Å². The average Bonchev–Trinajstić information content (AvgIpc) is 2.64. The van der Waals surface area contributed by atoms with Crippen LogP contribution < -0.4 is 15.4 Å². The Labute approximate surface area is 164 Å². The van der Waals surface area contributed by atoms with Crippen LogP contribution in [0, 0.1) is 0 Å². The van der Waals surface area contributed by atoms with Crippen molar-refractivity contribution in [2.24, 2.45) is 0 Å². The lowest BCUT2D eigenvalue weighted by molar-refractivity contribution is -0.0498. The lowest BCUT2D eigenvalue weighted by Crippen LogP contribution is -2.39. The molecule has 2 aromatic carbocycles. The van der Waals surface area contributed by atoms with Gasteiger partial charge >= 0.3 is 6.61 Å². The van der Waals surface area contributed by atoms with E-state index in [1.165, 1.54) is 12.1 Å². The first-order chi connectivity index (χ1) is 13.0. The van der Waals surface area contributed by atoms with E-state index in [0.717, 1.165) is 30.6 Å². The number of rotatable bonds is 9. The molecule has 0 saturated heterocycles. The second kappa shape index (κ2) is 10.8. The summed E-state index contributed by atoms with van der Waals surface area (Å²) in [6.45, 7) is -1.09. The number of halogens is 2. The number of benzene rings is 2. The molecule has 0 aliphatic carbocycles. The molecule has 0 aliphatic heterocycles. The molecule has 2 rings (SSSR count). The molecular weight excluding hydrogens is 368 g/mol. The van der Waals surface area contributed by atoms with E-state index in [2.05, 4.69) is 20.3 Å². The third-order valence-electron chi connectivity index (χ3n) is 3.91. The zero-order valence-electron chi connectivity index (χ0n) is 15.5. The summed E-state index contributed by atoms with van der Waals surface area (Å²) in [7, 11) is 4.06. The average molecular weight is 394 g/mol. The summed E-state index contributed by atoms with van der Waals surface area (Å²) in [5, 5.41) is 7.08. The van der Waals surface area contributed by atoms with E-state index in [4.69, 9.17) is 12.2 Å². The number of nitrogens with one attached hydrogen (secondary N) is 2. The number of alkyl halides is 2. The van der Waals surface area contributed by atoms with E-state index < -0.39 is 6.61 Å². The lowest BCUT2D eigenvalue weighted by atomic mass is 9.99. The van der Waals surface area contributed by atoms with Crippen molar-refractivity contribution >= 4 is 17.3 Å². The van der Waals surface area contributed by atoms with Crippen LogP contribution in [0.3, 0.4) is 0 Å². The van der Waals surface area contributed by atoms with Crippen molar-refractivity contribution in [3.63, 3.8) is 0 Å². The van der Waals surface area contributed by atoms with Gasteiger partial charge in [-0.05, 0) is 62.5 Å². The predicted octanol–water partition coefficient (Wildman–Crippen LogP) is 3.79. The smallest absolute Gasteiger partial charge is 0.387 e. The molecule has 0 fully saturated rings. The SMILES string of the molecule is CN(C)CCCNC(=S)N[C@H](c1ccccc1)c1ccc(OC(F)F)cc1. The van der Waals surface area contributed by atoms with E-state index in [1.54, 1.807) is 12.1 Å². The largest absolute Gasteiger partial charge is 0.435 e. The molecule has 0 aromatic heterocycles. The molecule has 146 valence electrons. The third kappa shape index (κ3) is 7.48. The molecule has 1 atom stereocenters. The molecule has 0 aliphatic rings. The normalized spacial score (nSPS) is 12.1. The van der Waals surface area contributed by atoms with Crippen LogP contribution in [0.2, 0.25) is 0 Å². The first kappa shape index (κ1) is 21.1. The van der Waals surface area contributed by atoms with Gasteiger partial charge in [-0.3, -0.25) is 0 Å². The van der Waals surface area contributed by atoms with Crippen molar-refractivity contribution in [1.82, 2.24) is 15.5 Å². The van der Waals surface area contributed by atoms with Gasteiger partial charge in [-0.2, -0.15) is 8.78 Å². The first-order valence-corrected chi connectivity index (χ1v) is 9.15. The molecule has 0 saturated carbocycles. The van der Waals surface area contributed by atoms with Gasteiger partial charge in [0.1, 0.15) is 5.75 Å². The number of hydrogen-bond acceptors (Lipinski definition) is 3. The summed E-state index contributed by atoms with van der Waals surface area (Å²) >= 11 is 5.43. The molecule has 2 N–H and O–H groups in total. The zero-order valence-corrected chi connectivity index (χ0v) is 16.3. The molecular formula is C20H25F2N3OS. The predicted molar refractivity (Wildman–Crippen MR) is 108 cm³/mol. The maximum Gasteiger partial charge on any atom is 0.387 e. The van der Waals surface area contributed by atoms with Crippen molar-refractivity contribution in [3.05, 3.63) is 65.7 Å². The van der Waals surface area contributed by atoms with Gasteiger partial charge in [-0.25, -0.2) is 0 Å². The van der Waals surface area contributed by atoms with E-state index in [-0.39, 0.29) is 11.8 Å². The van der Waals surface area contributed by atoms with Crippen LogP contribution in [0.4, 0.5) is 8.78 Å². The standard InChI is InChI=1S/C20H25F2N3OS/c1-25(2)14-6-13-23-20(27)24-18(15-7-4-3-5-8-15)16-9-11-17(12-10-16)26-19(21)22/h3-5,7-12,18-19H,6,13-14H2,1-2H3,(H2,23,24,27)/t18-/m1/s1. The fourth-order valence-electron chi connectivity index (χ4n) is 2.63. The quantitative estimate of drug-likeness (QED) is 0.501. The van der Waals surface area contributed by atoms with Gasteiger partial charge in [0, 0.05) is 6.54 Å². The minimum absolute atomic E-state index is 0.130. The van der Waals surface area contributed by atoms with Crippen LogP contribution >= 0.6 is 12.2 Å². The van der Waals surface area contributed by atoms with Gasteiger partial charge in [0.15, 0.2) is 5.11 Å². The number of ether oxygens (including phenoxy) is 1. The summed E-state index contributed by atoms with van der Waals surface area (Å²) < 4.78 is 29.1. The molecule has 0 bridgehead atoms. The number of thiocarbonyl (C=S) groups is 1. The van der Waals surface area contributed by atoms with Crippen molar-refractivity contribution in [1.29, 1.82) is 0 Å². The van der Waals surface area contributed by atoms with Crippen LogP contribution in [0.15, 0.2) is 54.6 Å². The summed E-state index contributed by atoms with van der Waals surface area (Å²) in [6.07, 6.45) is 0.977. The van der Waals surface area contributed by atoms with Crippen molar-refractivity contribution in [2.45, 2.75) is 19.1 Å². The summed E-state index contributed by atoms with van der Waals surface area (Å²) in [5.41, 5.74) is 1.93. The highest BCUT2D eigenvalue weighted by molar-refractivity contribution is 7.80. The molecule has 0 amide bonds. The summed E-state index contributed by atoms with van der Waals surface area (Å²) in [5.74, 6) is 0.130. The molecule has 0 heterocycles. The minimum atomic E-state index is -2.84. The Morgan fingerprint density at radius 1 is 1.04 bits per heavy atom. The lowest BCUT2D eigenvalue weighted by Gasteiger charge is -2.22. The topological polar surface area (TPSA) is 36.5 Å². The summed E-state index contributed by atoms with van der Waals surface area (Å²) in [4.78, 5) is 2.12. The number of hydrogen-bond donors (Lipinski definition) is 2. The highest BCUT2D eigenvalue weighted by Crippen LogP contribution is 2.24. The third-order valence-corrected chi connectivity index (χ3v) is 4.18. The van der Waals surface area contributed by atoms with Crippen LogP contribution in [-0.4, -0.2) is 43.8 Å². The fourth-order valence-corrected chi connectivity index (χ4v) is 2.85. The monoisotopic (exact) mass is 393 g/mol. The molecule has 0 radical (unpaired) electrons. The Balaban J connectivity index is 2.07. The van der Waals surface area contributed by atoms with E-state index in [0.29, 0.717) is 5.11 Å². The molecule has 7 heteroatoms.